The minimum absolute atomic E-state index is 0.0232. The molecule has 132 valence electrons. The van der Waals surface area contributed by atoms with Crippen molar-refractivity contribution in [2.45, 2.75) is 39.8 Å². The maximum absolute atomic E-state index is 12.8. The first kappa shape index (κ1) is 16.8. The Morgan fingerprint density at radius 2 is 2.16 bits per heavy atom. The Balaban J connectivity index is 1.79. The number of nitrogens with zero attached hydrogens (tertiary/aromatic N) is 2. The second-order valence-electron chi connectivity index (χ2n) is 8.03. The molecule has 0 bridgehead atoms. The van der Waals surface area contributed by atoms with Gasteiger partial charge in [0.25, 0.3) is 5.56 Å². The van der Waals surface area contributed by atoms with Gasteiger partial charge in [-0.3, -0.25) is 20.2 Å². The zero-order chi connectivity index (χ0) is 17.8. The van der Waals surface area contributed by atoms with Gasteiger partial charge in [0.05, 0.1) is 10.9 Å². The SMILES string of the molecule is CC(C)(C)C1NNCC1/C=C1\CCn2c1nc1cc(Cl)ccc1c2=O. The van der Waals surface area contributed by atoms with Gasteiger partial charge in [0.2, 0.25) is 0 Å². The van der Waals surface area contributed by atoms with Gasteiger partial charge in [-0.1, -0.05) is 38.4 Å². The smallest absolute Gasteiger partial charge is 0.261 e. The van der Waals surface area contributed by atoms with E-state index in [0.29, 0.717) is 34.4 Å². The molecule has 0 aliphatic carbocycles. The van der Waals surface area contributed by atoms with Crippen LogP contribution in [0.3, 0.4) is 0 Å². The average molecular weight is 359 g/mol. The van der Waals surface area contributed by atoms with Gasteiger partial charge in [-0.2, -0.15) is 0 Å². The average Bonchev–Trinajstić information content (AvgIpc) is 3.15. The molecule has 6 heteroatoms. The van der Waals surface area contributed by atoms with Gasteiger partial charge in [-0.15, -0.1) is 0 Å². The first-order chi connectivity index (χ1) is 11.8. The van der Waals surface area contributed by atoms with Gasteiger partial charge >= 0.3 is 0 Å². The van der Waals surface area contributed by atoms with E-state index in [1.54, 1.807) is 22.8 Å². The summed E-state index contributed by atoms with van der Waals surface area (Å²) in [5, 5.41) is 1.23. The zero-order valence-electron chi connectivity index (χ0n) is 14.8. The fraction of sp³-hybridized carbons (Fsp3) is 0.474. The van der Waals surface area contributed by atoms with E-state index < -0.39 is 0 Å². The highest BCUT2D eigenvalue weighted by molar-refractivity contribution is 6.31. The highest BCUT2D eigenvalue weighted by Crippen LogP contribution is 2.33. The Kier molecular flexibility index (Phi) is 3.98. The van der Waals surface area contributed by atoms with E-state index in [1.807, 2.05) is 0 Å². The van der Waals surface area contributed by atoms with Crippen molar-refractivity contribution in [1.29, 1.82) is 0 Å². The van der Waals surface area contributed by atoms with E-state index in [9.17, 15) is 4.79 Å². The molecular formula is C19H23ClN4O. The van der Waals surface area contributed by atoms with Crippen molar-refractivity contribution < 1.29 is 0 Å². The van der Waals surface area contributed by atoms with Crippen molar-refractivity contribution in [1.82, 2.24) is 20.4 Å². The van der Waals surface area contributed by atoms with Crippen molar-refractivity contribution in [2.24, 2.45) is 11.3 Å². The molecule has 5 nitrogen and oxygen atoms in total. The molecule has 2 N–H and O–H groups in total. The van der Waals surface area contributed by atoms with E-state index in [1.165, 1.54) is 0 Å². The van der Waals surface area contributed by atoms with Crippen LogP contribution in [-0.2, 0) is 6.54 Å². The van der Waals surface area contributed by atoms with Crippen LogP contribution < -0.4 is 16.4 Å². The Hall–Kier alpha value is -1.69. The maximum Gasteiger partial charge on any atom is 0.261 e. The molecule has 25 heavy (non-hydrogen) atoms. The summed E-state index contributed by atoms with van der Waals surface area (Å²) >= 11 is 6.09. The molecule has 2 unspecified atom stereocenters. The number of hydrogen-bond donors (Lipinski definition) is 2. The van der Waals surface area contributed by atoms with Gasteiger partial charge in [-0.05, 0) is 35.6 Å². The molecule has 1 aromatic carbocycles. The maximum atomic E-state index is 12.8. The molecule has 1 saturated heterocycles. The van der Waals surface area contributed by atoms with Crippen LogP contribution in [0.5, 0.6) is 0 Å². The van der Waals surface area contributed by atoms with E-state index >= 15 is 0 Å². The molecule has 1 fully saturated rings. The van der Waals surface area contributed by atoms with Crippen LogP contribution in [0.15, 0.2) is 29.1 Å². The summed E-state index contributed by atoms with van der Waals surface area (Å²) in [5.74, 6) is 1.16. The second-order valence-corrected chi connectivity index (χ2v) is 8.46. The number of fused-ring (bicyclic) bond motifs is 2. The quantitative estimate of drug-likeness (QED) is 0.822. The minimum Gasteiger partial charge on any atom is -0.292 e. The van der Waals surface area contributed by atoms with Crippen LogP contribution in [0.1, 0.15) is 33.0 Å². The Morgan fingerprint density at radius 3 is 2.92 bits per heavy atom. The summed E-state index contributed by atoms with van der Waals surface area (Å²) in [7, 11) is 0. The number of nitrogens with one attached hydrogen (secondary N) is 2. The third-order valence-electron chi connectivity index (χ3n) is 5.18. The third kappa shape index (κ3) is 2.90. The lowest BCUT2D eigenvalue weighted by Crippen LogP contribution is -2.41. The largest absolute Gasteiger partial charge is 0.292 e. The van der Waals surface area contributed by atoms with Gasteiger partial charge in [0.1, 0.15) is 5.82 Å². The first-order valence-electron chi connectivity index (χ1n) is 8.74. The number of allylic oxidation sites excluding steroid dienone is 1. The summed E-state index contributed by atoms with van der Waals surface area (Å²) in [6.45, 7) is 8.30. The number of rotatable bonds is 1. The van der Waals surface area contributed by atoms with Crippen LogP contribution in [0, 0.1) is 11.3 Å². The molecule has 4 rings (SSSR count). The fourth-order valence-corrected chi connectivity index (χ4v) is 4.10. The van der Waals surface area contributed by atoms with Crippen LogP contribution in [0.2, 0.25) is 5.02 Å². The van der Waals surface area contributed by atoms with Crippen LogP contribution in [-0.4, -0.2) is 22.1 Å². The lowest BCUT2D eigenvalue weighted by atomic mass is 9.79. The van der Waals surface area contributed by atoms with Gasteiger partial charge in [0.15, 0.2) is 0 Å². The van der Waals surface area contributed by atoms with Crippen molar-refractivity contribution in [3.63, 3.8) is 0 Å². The standard InChI is InChI=1S/C19H23ClN4O/c1-19(2,3)16-12(10-21-23-16)8-11-6-7-24-17(11)22-15-9-13(20)4-5-14(15)18(24)25/h4-5,8-9,12,16,21,23H,6-7,10H2,1-3H3/b11-8+. The van der Waals surface area contributed by atoms with Crippen molar-refractivity contribution >= 4 is 28.1 Å². The number of halogens is 1. The van der Waals surface area contributed by atoms with Crippen LogP contribution >= 0.6 is 11.6 Å². The topological polar surface area (TPSA) is 58.9 Å². The van der Waals surface area contributed by atoms with Crippen molar-refractivity contribution in [3.05, 3.63) is 45.5 Å². The zero-order valence-corrected chi connectivity index (χ0v) is 15.5. The van der Waals surface area contributed by atoms with Gasteiger partial charge < -0.3 is 0 Å². The first-order valence-corrected chi connectivity index (χ1v) is 9.12. The monoisotopic (exact) mass is 358 g/mol. The lowest BCUT2D eigenvalue weighted by Gasteiger charge is -2.30. The predicted octanol–water partition coefficient (Wildman–Crippen LogP) is 2.98. The van der Waals surface area contributed by atoms with Gasteiger partial charge in [0, 0.05) is 30.1 Å². The minimum atomic E-state index is 0.0232. The fourth-order valence-electron chi connectivity index (χ4n) is 3.93. The molecule has 2 aliphatic rings. The molecule has 1 aromatic heterocycles. The Bertz CT molecular complexity index is 925. The highest BCUT2D eigenvalue weighted by atomic mass is 35.5. The second kappa shape index (κ2) is 5.94. The summed E-state index contributed by atoms with van der Waals surface area (Å²) in [6.07, 6.45) is 3.14. The molecule has 3 heterocycles. The summed E-state index contributed by atoms with van der Waals surface area (Å²) < 4.78 is 1.80. The number of hydrogen-bond acceptors (Lipinski definition) is 4. The Morgan fingerprint density at radius 1 is 1.36 bits per heavy atom. The van der Waals surface area contributed by atoms with Gasteiger partial charge in [-0.25, -0.2) is 4.98 Å². The lowest BCUT2D eigenvalue weighted by molar-refractivity contribution is 0.260. The summed E-state index contributed by atoms with van der Waals surface area (Å²) in [5.41, 5.74) is 8.67. The third-order valence-corrected chi connectivity index (χ3v) is 5.42. The van der Waals surface area contributed by atoms with E-state index in [-0.39, 0.29) is 11.0 Å². The molecule has 2 atom stereocenters. The normalized spacial score (nSPS) is 25.0. The van der Waals surface area contributed by atoms with E-state index in [2.05, 4.69) is 37.7 Å². The Labute approximate surface area is 152 Å². The van der Waals surface area contributed by atoms with Crippen LogP contribution in [0.25, 0.3) is 16.5 Å². The molecule has 0 saturated carbocycles. The van der Waals surface area contributed by atoms with Crippen molar-refractivity contribution in [3.8, 4) is 0 Å². The predicted molar refractivity (Wildman–Crippen MR) is 101 cm³/mol. The summed E-state index contributed by atoms with van der Waals surface area (Å²) in [6, 6.07) is 5.62. The molecule has 0 radical (unpaired) electrons. The molecule has 2 aromatic rings. The van der Waals surface area contributed by atoms with E-state index in [4.69, 9.17) is 16.6 Å². The molecule has 0 spiro atoms. The van der Waals surface area contributed by atoms with Crippen molar-refractivity contribution in [2.75, 3.05) is 6.54 Å². The number of hydrazine groups is 1. The molecule has 2 aliphatic heterocycles. The molecule has 0 amide bonds. The summed E-state index contributed by atoms with van der Waals surface area (Å²) in [4.78, 5) is 17.5. The number of benzene rings is 1. The molecular weight excluding hydrogens is 336 g/mol. The highest BCUT2D eigenvalue weighted by Gasteiger charge is 2.35. The van der Waals surface area contributed by atoms with E-state index in [0.717, 1.165) is 24.4 Å². The van der Waals surface area contributed by atoms with Crippen LogP contribution in [0.4, 0.5) is 0 Å². The number of aromatic nitrogens is 2.